The summed E-state index contributed by atoms with van der Waals surface area (Å²) >= 11 is 0. The SMILES string of the molecule is COC(=O)C(Cc1ccccc1OCc1cnc2ccc(OC)cc2c1OC(C)C)C(C)=O. The predicted molar refractivity (Wildman–Crippen MR) is 125 cm³/mol. The molecule has 33 heavy (non-hydrogen) atoms. The third-order valence-electron chi connectivity index (χ3n) is 5.21. The predicted octanol–water partition coefficient (Wildman–Crippen LogP) is 4.53. The van der Waals surface area contributed by atoms with Crippen LogP contribution < -0.4 is 14.2 Å². The van der Waals surface area contributed by atoms with Gasteiger partial charge >= 0.3 is 5.97 Å². The van der Waals surface area contributed by atoms with E-state index in [2.05, 4.69) is 4.98 Å². The molecule has 0 bridgehead atoms. The zero-order valence-corrected chi connectivity index (χ0v) is 19.6. The van der Waals surface area contributed by atoms with Crippen molar-refractivity contribution in [1.82, 2.24) is 4.98 Å². The molecule has 0 N–H and O–H groups in total. The summed E-state index contributed by atoms with van der Waals surface area (Å²) in [5.74, 6) is 0.278. The van der Waals surface area contributed by atoms with Crippen LogP contribution in [0.2, 0.25) is 0 Å². The van der Waals surface area contributed by atoms with Crippen molar-refractivity contribution in [2.75, 3.05) is 14.2 Å². The number of benzene rings is 2. The highest BCUT2D eigenvalue weighted by atomic mass is 16.5. The van der Waals surface area contributed by atoms with E-state index in [0.717, 1.165) is 22.0 Å². The van der Waals surface area contributed by atoms with Gasteiger partial charge in [-0.15, -0.1) is 0 Å². The number of hydrogen-bond acceptors (Lipinski definition) is 7. The number of fused-ring (bicyclic) bond motifs is 1. The highest BCUT2D eigenvalue weighted by molar-refractivity contribution is 5.98. The molecule has 0 spiro atoms. The van der Waals surface area contributed by atoms with Crippen molar-refractivity contribution >= 4 is 22.7 Å². The summed E-state index contributed by atoms with van der Waals surface area (Å²) < 4.78 is 22.4. The zero-order chi connectivity index (χ0) is 24.0. The molecule has 0 amide bonds. The number of Topliss-reactive ketones (excluding diaryl/α,β-unsaturated/α-hetero) is 1. The van der Waals surface area contributed by atoms with E-state index in [1.54, 1.807) is 13.3 Å². The zero-order valence-electron chi connectivity index (χ0n) is 19.6. The standard InChI is InChI=1S/C26H29NO6/c1-16(2)33-25-19(14-27-23-11-10-20(30-4)13-22(23)25)15-32-24-9-7-6-8-18(24)12-21(17(3)28)26(29)31-5/h6-11,13-14,16,21H,12,15H2,1-5H3. The molecule has 1 unspecified atom stereocenters. The van der Waals surface area contributed by atoms with E-state index in [1.807, 2.05) is 56.3 Å². The second-order valence-electron chi connectivity index (χ2n) is 7.95. The van der Waals surface area contributed by atoms with Gasteiger partial charge in [0, 0.05) is 11.6 Å². The van der Waals surface area contributed by atoms with Gasteiger partial charge in [0.2, 0.25) is 0 Å². The molecule has 0 aliphatic heterocycles. The number of ether oxygens (including phenoxy) is 4. The minimum absolute atomic E-state index is 0.0516. The smallest absolute Gasteiger partial charge is 0.316 e. The van der Waals surface area contributed by atoms with E-state index in [9.17, 15) is 9.59 Å². The normalized spacial score (nSPS) is 11.8. The fraction of sp³-hybridized carbons (Fsp3) is 0.346. The van der Waals surface area contributed by atoms with Crippen LogP contribution in [0, 0.1) is 5.92 Å². The first kappa shape index (κ1) is 24.0. The second-order valence-corrected chi connectivity index (χ2v) is 7.95. The molecule has 0 aliphatic rings. The van der Waals surface area contributed by atoms with Crippen molar-refractivity contribution in [2.45, 2.75) is 39.9 Å². The summed E-state index contributed by atoms with van der Waals surface area (Å²) in [7, 11) is 2.89. The highest BCUT2D eigenvalue weighted by Gasteiger charge is 2.26. The van der Waals surface area contributed by atoms with Crippen LogP contribution in [0.1, 0.15) is 31.9 Å². The third-order valence-corrected chi connectivity index (χ3v) is 5.21. The van der Waals surface area contributed by atoms with Crippen molar-refractivity contribution in [3.8, 4) is 17.2 Å². The Morgan fingerprint density at radius 2 is 1.79 bits per heavy atom. The molecule has 0 aliphatic carbocycles. The van der Waals surface area contributed by atoms with Crippen molar-refractivity contribution in [3.05, 3.63) is 59.8 Å². The number of nitrogens with zero attached hydrogens (tertiary/aromatic N) is 1. The maximum atomic E-state index is 12.1. The molecule has 2 aromatic carbocycles. The van der Waals surface area contributed by atoms with Gasteiger partial charge in [0.05, 0.1) is 31.4 Å². The molecule has 0 saturated carbocycles. The van der Waals surface area contributed by atoms with Gasteiger partial charge in [-0.25, -0.2) is 0 Å². The lowest BCUT2D eigenvalue weighted by atomic mass is 9.95. The van der Waals surface area contributed by atoms with Crippen molar-refractivity contribution < 1.29 is 28.5 Å². The average molecular weight is 452 g/mol. The van der Waals surface area contributed by atoms with Crippen LogP contribution in [0.4, 0.5) is 0 Å². The minimum atomic E-state index is -0.880. The molecule has 0 radical (unpaired) electrons. The van der Waals surface area contributed by atoms with Crippen LogP contribution in [0.3, 0.4) is 0 Å². The number of methoxy groups -OCH3 is 2. The Morgan fingerprint density at radius 1 is 1.03 bits per heavy atom. The first-order chi connectivity index (χ1) is 15.8. The molecule has 7 heteroatoms. The van der Waals surface area contributed by atoms with E-state index in [0.29, 0.717) is 17.2 Å². The van der Waals surface area contributed by atoms with Crippen LogP contribution in [0.15, 0.2) is 48.7 Å². The molecule has 0 fully saturated rings. The summed E-state index contributed by atoms with van der Waals surface area (Å²) in [5.41, 5.74) is 2.30. The van der Waals surface area contributed by atoms with Gasteiger partial charge in [0.15, 0.2) is 0 Å². The topological polar surface area (TPSA) is 84.0 Å². The number of hydrogen-bond donors (Lipinski definition) is 0. The van der Waals surface area contributed by atoms with Gasteiger partial charge in [-0.05, 0) is 57.0 Å². The molecule has 1 atom stereocenters. The molecular weight excluding hydrogens is 422 g/mol. The maximum Gasteiger partial charge on any atom is 0.316 e. The number of carbonyl (C=O) groups is 2. The molecule has 1 aromatic heterocycles. The van der Waals surface area contributed by atoms with Gasteiger partial charge in [0.1, 0.15) is 35.6 Å². The monoisotopic (exact) mass is 451 g/mol. The molecule has 0 saturated heterocycles. The lowest BCUT2D eigenvalue weighted by molar-refractivity contribution is -0.148. The maximum absolute atomic E-state index is 12.1. The van der Waals surface area contributed by atoms with E-state index >= 15 is 0 Å². The van der Waals surface area contributed by atoms with Gasteiger partial charge in [-0.2, -0.15) is 0 Å². The quantitative estimate of drug-likeness (QED) is 0.331. The Bertz CT molecular complexity index is 1140. The van der Waals surface area contributed by atoms with Gasteiger partial charge < -0.3 is 18.9 Å². The fourth-order valence-corrected chi connectivity index (χ4v) is 3.52. The van der Waals surface area contributed by atoms with E-state index in [-0.39, 0.29) is 24.9 Å². The number of carbonyl (C=O) groups excluding carboxylic acids is 2. The van der Waals surface area contributed by atoms with Gasteiger partial charge in [-0.1, -0.05) is 18.2 Å². The lowest BCUT2D eigenvalue weighted by Crippen LogP contribution is -2.25. The Labute approximate surface area is 193 Å². The first-order valence-corrected chi connectivity index (χ1v) is 10.7. The van der Waals surface area contributed by atoms with Crippen molar-refractivity contribution in [1.29, 1.82) is 0 Å². The third kappa shape index (κ3) is 5.80. The molecule has 174 valence electrons. The Hall–Kier alpha value is -3.61. The summed E-state index contributed by atoms with van der Waals surface area (Å²) in [5, 5.41) is 0.833. The van der Waals surface area contributed by atoms with Gasteiger partial charge in [-0.3, -0.25) is 14.6 Å². The molecule has 3 rings (SSSR count). The number of pyridine rings is 1. The van der Waals surface area contributed by atoms with E-state index < -0.39 is 11.9 Å². The fourth-order valence-electron chi connectivity index (χ4n) is 3.52. The van der Waals surface area contributed by atoms with E-state index in [4.69, 9.17) is 18.9 Å². The Kier molecular flexibility index (Phi) is 7.87. The van der Waals surface area contributed by atoms with E-state index in [1.165, 1.54) is 14.0 Å². The van der Waals surface area contributed by atoms with Crippen LogP contribution in [-0.2, 0) is 27.4 Å². The summed E-state index contributed by atoms with van der Waals surface area (Å²) in [4.78, 5) is 28.6. The van der Waals surface area contributed by atoms with Crippen molar-refractivity contribution in [2.24, 2.45) is 5.92 Å². The Balaban J connectivity index is 1.92. The minimum Gasteiger partial charge on any atom is -0.497 e. The van der Waals surface area contributed by atoms with Gasteiger partial charge in [0.25, 0.3) is 0 Å². The molecule has 1 heterocycles. The Morgan fingerprint density at radius 3 is 2.45 bits per heavy atom. The largest absolute Gasteiger partial charge is 0.497 e. The average Bonchev–Trinajstić information content (AvgIpc) is 2.81. The lowest BCUT2D eigenvalue weighted by Gasteiger charge is -2.19. The number of para-hydroxylation sites is 1. The second kappa shape index (κ2) is 10.8. The van der Waals surface area contributed by atoms with Crippen LogP contribution >= 0.6 is 0 Å². The molecule has 7 nitrogen and oxygen atoms in total. The number of ketones is 1. The summed E-state index contributed by atoms with van der Waals surface area (Å²) in [6.45, 7) is 5.50. The van der Waals surface area contributed by atoms with Crippen LogP contribution in [-0.4, -0.2) is 37.1 Å². The summed E-state index contributed by atoms with van der Waals surface area (Å²) in [6.07, 6.45) is 1.88. The van der Waals surface area contributed by atoms with Crippen LogP contribution in [0.5, 0.6) is 17.2 Å². The first-order valence-electron chi connectivity index (χ1n) is 10.7. The van der Waals surface area contributed by atoms with Crippen molar-refractivity contribution in [3.63, 3.8) is 0 Å². The highest BCUT2D eigenvalue weighted by Crippen LogP contribution is 2.33. The number of esters is 1. The molecular formula is C26H29NO6. The number of rotatable bonds is 10. The summed E-state index contributed by atoms with van der Waals surface area (Å²) in [6, 6.07) is 13.0. The number of aromatic nitrogens is 1. The molecule has 3 aromatic rings. The van der Waals surface area contributed by atoms with Crippen LogP contribution in [0.25, 0.3) is 10.9 Å².